The molecule has 3 rings (SSSR count). The van der Waals surface area contributed by atoms with Gasteiger partial charge >= 0.3 is 0 Å². The highest BCUT2D eigenvalue weighted by Crippen LogP contribution is 2.28. The first-order valence-corrected chi connectivity index (χ1v) is 9.06. The van der Waals surface area contributed by atoms with E-state index < -0.39 is 0 Å². The number of carbonyl (C=O) groups excluding carboxylic acids is 1. The monoisotopic (exact) mass is 329 g/mol. The summed E-state index contributed by atoms with van der Waals surface area (Å²) in [4.78, 5) is 16.7. The second-order valence-electron chi connectivity index (χ2n) is 6.44. The van der Waals surface area contributed by atoms with E-state index >= 15 is 0 Å². The molecule has 0 unspecified atom stereocenters. The van der Waals surface area contributed by atoms with E-state index in [0.717, 1.165) is 36.9 Å². The van der Waals surface area contributed by atoms with Crippen LogP contribution in [0.2, 0.25) is 0 Å². The molecule has 4 nitrogen and oxygen atoms in total. The van der Waals surface area contributed by atoms with E-state index in [4.69, 9.17) is 5.73 Å². The average molecular weight is 329 g/mol. The number of carbonyl (C=O) groups is 1. The van der Waals surface area contributed by atoms with Crippen LogP contribution in [0.5, 0.6) is 0 Å². The maximum atomic E-state index is 12.2. The van der Waals surface area contributed by atoms with Crippen molar-refractivity contribution in [3.63, 3.8) is 0 Å². The van der Waals surface area contributed by atoms with E-state index in [1.165, 1.54) is 16.9 Å². The summed E-state index contributed by atoms with van der Waals surface area (Å²) in [5.74, 6) is 0.529. The highest BCUT2D eigenvalue weighted by atomic mass is 32.1. The molecule has 0 bridgehead atoms. The third kappa shape index (κ3) is 4.39. The van der Waals surface area contributed by atoms with E-state index in [1.54, 1.807) is 0 Å². The molecular formula is C18H23N3OS. The van der Waals surface area contributed by atoms with Crippen LogP contribution in [-0.4, -0.2) is 16.9 Å². The first-order chi connectivity index (χ1) is 11.1. The standard InChI is InChI=1S/C18H23N3OS/c1-12-2-6-14(7-3-12)16-11-23-18(20-16)21-17(22)10-13-4-8-15(19)9-5-13/h2-3,6-7,11,13,15H,4-5,8-10,19H2,1H3,(H,20,21,22). The quantitative estimate of drug-likeness (QED) is 0.892. The van der Waals surface area contributed by atoms with Gasteiger partial charge in [0.2, 0.25) is 5.91 Å². The molecule has 0 spiro atoms. The number of aryl methyl sites for hydroxylation is 1. The maximum absolute atomic E-state index is 12.2. The Labute approximate surface area is 141 Å². The van der Waals surface area contributed by atoms with E-state index in [1.807, 2.05) is 5.38 Å². The van der Waals surface area contributed by atoms with Crippen LogP contribution < -0.4 is 11.1 Å². The number of amides is 1. The van der Waals surface area contributed by atoms with Gasteiger partial charge < -0.3 is 11.1 Å². The Morgan fingerprint density at radius 2 is 1.96 bits per heavy atom. The topological polar surface area (TPSA) is 68.0 Å². The van der Waals surface area contributed by atoms with Crippen molar-refractivity contribution in [2.24, 2.45) is 11.7 Å². The van der Waals surface area contributed by atoms with Gasteiger partial charge in [0.15, 0.2) is 5.13 Å². The number of hydrogen-bond acceptors (Lipinski definition) is 4. The molecule has 0 aliphatic heterocycles. The Bertz CT molecular complexity index is 657. The molecule has 1 saturated carbocycles. The lowest BCUT2D eigenvalue weighted by Gasteiger charge is -2.25. The van der Waals surface area contributed by atoms with Gasteiger partial charge in [0.05, 0.1) is 5.69 Å². The van der Waals surface area contributed by atoms with Gasteiger partial charge in [0.25, 0.3) is 0 Å². The Kier molecular flexibility index (Phi) is 5.08. The second-order valence-corrected chi connectivity index (χ2v) is 7.30. The summed E-state index contributed by atoms with van der Waals surface area (Å²) >= 11 is 1.48. The lowest BCUT2D eigenvalue weighted by molar-refractivity contribution is -0.117. The zero-order chi connectivity index (χ0) is 16.2. The molecule has 1 aliphatic carbocycles. The SMILES string of the molecule is Cc1ccc(-c2csc(NC(=O)CC3CCC(N)CC3)n2)cc1. The lowest BCUT2D eigenvalue weighted by atomic mass is 9.84. The van der Waals surface area contributed by atoms with Crippen molar-refractivity contribution >= 4 is 22.4 Å². The number of anilines is 1. The van der Waals surface area contributed by atoms with Crippen LogP contribution in [0.15, 0.2) is 29.6 Å². The summed E-state index contributed by atoms with van der Waals surface area (Å²) in [7, 11) is 0. The molecule has 1 fully saturated rings. The molecule has 23 heavy (non-hydrogen) atoms. The zero-order valence-electron chi connectivity index (χ0n) is 13.4. The zero-order valence-corrected chi connectivity index (χ0v) is 14.2. The first-order valence-electron chi connectivity index (χ1n) is 8.18. The van der Waals surface area contributed by atoms with Crippen molar-refractivity contribution in [1.82, 2.24) is 4.98 Å². The molecule has 1 aromatic heterocycles. The molecule has 5 heteroatoms. The summed E-state index contributed by atoms with van der Waals surface area (Å²) in [5, 5.41) is 5.60. The molecule has 1 heterocycles. The summed E-state index contributed by atoms with van der Waals surface area (Å²) in [6.45, 7) is 2.06. The number of nitrogens with zero attached hydrogens (tertiary/aromatic N) is 1. The highest BCUT2D eigenvalue weighted by Gasteiger charge is 2.21. The molecule has 0 saturated heterocycles. The van der Waals surface area contributed by atoms with E-state index in [9.17, 15) is 4.79 Å². The molecule has 1 aliphatic rings. The van der Waals surface area contributed by atoms with Gasteiger partial charge in [0.1, 0.15) is 0 Å². The largest absolute Gasteiger partial charge is 0.328 e. The van der Waals surface area contributed by atoms with Crippen LogP contribution in [0, 0.1) is 12.8 Å². The summed E-state index contributed by atoms with van der Waals surface area (Å²) < 4.78 is 0. The van der Waals surface area contributed by atoms with Crippen molar-refractivity contribution in [2.75, 3.05) is 5.32 Å². The van der Waals surface area contributed by atoms with Gasteiger partial charge in [-0.2, -0.15) is 0 Å². The molecule has 1 amide bonds. The van der Waals surface area contributed by atoms with Gasteiger partial charge in [-0.05, 0) is 38.5 Å². The molecule has 1 aromatic carbocycles. The molecule has 0 atom stereocenters. The Morgan fingerprint density at radius 3 is 2.65 bits per heavy atom. The Hall–Kier alpha value is -1.72. The Balaban J connectivity index is 1.56. The van der Waals surface area contributed by atoms with E-state index in [-0.39, 0.29) is 5.91 Å². The minimum Gasteiger partial charge on any atom is -0.328 e. The minimum atomic E-state index is 0.0651. The van der Waals surface area contributed by atoms with E-state index in [0.29, 0.717) is 23.5 Å². The number of nitrogens with one attached hydrogen (secondary N) is 1. The minimum absolute atomic E-state index is 0.0651. The molecule has 3 N–H and O–H groups in total. The summed E-state index contributed by atoms with van der Waals surface area (Å²) in [5.41, 5.74) is 9.12. The van der Waals surface area contributed by atoms with E-state index in [2.05, 4.69) is 41.5 Å². The van der Waals surface area contributed by atoms with Crippen LogP contribution in [0.3, 0.4) is 0 Å². The lowest BCUT2D eigenvalue weighted by Crippen LogP contribution is -2.28. The highest BCUT2D eigenvalue weighted by molar-refractivity contribution is 7.14. The average Bonchev–Trinajstić information content (AvgIpc) is 2.98. The molecule has 0 radical (unpaired) electrons. The van der Waals surface area contributed by atoms with Crippen LogP contribution in [-0.2, 0) is 4.79 Å². The van der Waals surface area contributed by atoms with Gasteiger partial charge in [-0.3, -0.25) is 4.79 Å². The van der Waals surface area contributed by atoms with Crippen LogP contribution in [0.25, 0.3) is 11.3 Å². The molecule has 2 aromatic rings. The predicted octanol–water partition coefficient (Wildman–Crippen LogP) is 3.96. The van der Waals surface area contributed by atoms with Crippen LogP contribution in [0.1, 0.15) is 37.7 Å². The number of hydrogen-bond donors (Lipinski definition) is 2. The molecular weight excluding hydrogens is 306 g/mol. The fraction of sp³-hybridized carbons (Fsp3) is 0.444. The fourth-order valence-corrected chi connectivity index (χ4v) is 3.75. The first kappa shape index (κ1) is 16.1. The van der Waals surface area contributed by atoms with Crippen molar-refractivity contribution in [2.45, 2.75) is 45.1 Å². The Morgan fingerprint density at radius 1 is 1.26 bits per heavy atom. The number of thiazole rings is 1. The third-order valence-electron chi connectivity index (χ3n) is 4.46. The summed E-state index contributed by atoms with van der Waals surface area (Å²) in [6, 6.07) is 8.58. The van der Waals surface area contributed by atoms with Gasteiger partial charge in [0, 0.05) is 23.4 Å². The summed E-state index contributed by atoms with van der Waals surface area (Å²) in [6.07, 6.45) is 4.76. The van der Waals surface area contributed by atoms with Gasteiger partial charge in [-0.25, -0.2) is 4.98 Å². The number of benzene rings is 1. The van der Waals surface area contributed by atoms with Crippen LogP contribution >= 0.6 is 11.3 Å². The normalized spacial score (nSPS) is 21.1. The van der Waals surface area contributed by atoms with Crippen molar-refractivity contribution in [1.29, 1.82) is 0 Å². The maximum Gasteiger partial charge on any atom is 0.226 e. The third-order valence-corrected chi connectivity index (χ3v) is 5.22. The molecule has 122 valence electrons. The number of nitrogens with two attached hydrogens (primary N) is 1. The van der Waals surface area contributed by atoms with Crippen LogP contribution in [0.4, 0.5) is 5.13 Å². The smallest absolute Gasteiger partial charge is 0.226 e. The number of aromatic nitrogens is 1. The predicted molar refractivity (Wildman–Crippen MR) is 95.5 cm³/mol. The van der Waals surface area contributed by atoms with Crippen molar-refractivity contribution in [3.8, 4) is 11.3 Å². The number of rotatable bonds is 4. The van der Waals surface area contributed by atoms with Gasteiger partial charge in [-0.15, -0.1) is 11.3 Å². The van der Waals surface area contributed by atoms with Gasteiger partial charge in [-0.1, -0.05) is 29.8 Å². The second kappa shape index (κ2) is 7.23. The van der Waals surface area contributed by atoms with Crippen molar-refractivity contribution in [3.05, 3.63) is 35.2 Å². The van der Waals surface area contributed by atoms with Crippen molar-refractivity contribution < 1.29 is 4.79 Å². The fourth-order valence-electron chi connectivity index (χ4n) is 3.01.